The van der Waals surface area contributed by atoms with Gasteiger partial charge in [0.1, 0.15) is 5.60 Å². The Hall–Kier alpha value is -2.08. The van der Waals surface area contributed by atoms with Crippen molar-refractivity contribution in [1.29, 1.82) is 0 Å². The number of fused-ring (bicyclic) bond motifs is 4. The number of carboxylic acids is 1. The highest BCUT2D eigenvalue weighted by Crippen LogP contribution is 2.71. The van der Waals surface area contributed by atoms with E-state index in [2.05, 4.69) is 0 Å². The van der Waals surface area contributed by atoms with E-state index in [1.165, 1.54) is 19.1 Å². The molecule has 3 N–H and O–H groups in total. The van der Waals surface area contributed by atoms with Crippen molar-refractivity contribution in [1.82, 2.24) is 0 Å². The van der Waals surface area contributed by atoms with E-state index in [0.717, 1.165) is 11.1 Å². The first-order valence-electron chi connectivity index (χ1n) is 15.0. The zero-order chi connectivity index (χ0) is 31.4. The summed E-state index contributed by atoms with van der Waals surface area (Å²) in [6.45, 7) is 6.33. The molecule has 0 amide bonds. The zero-order valence-electron chi connectivity index (χ0n) is 24.6. The molecule has 1 aliphatic heterocycles. The molecule has 0 radical (unpaired) electrons. The highest BCUT2D eigenvalue weighted by Gasteiger charge is 2.79. The molecule has 3 saturated carbocycles. The Morgan fingerprint density at radius 2 is 1.56 bits per heavy atom. The Morgan fingerprint density at radius 1 is 0.930 bits per heavy atom. The van der Waals surface area contributed by atoms with Crippen LogP contribution in [-0.2, 0) is 9.47 Å². The highest BCUT2D eigenvalue weighted by molar-refractivity contribution is 5.87. The fourth-order valence-corrected chi connectivity index (χ4v) is 9.16. The van der Waals surface area contributed by atoms with E-state index in [4.69, 9.17) is 9.47 Å². The molecular weight excluding hydrogens is 575 g/mol. The van der Waals surface area contributed by atoms with Gasteiger partial charge in [0, 0.05) is 29.6 Å². The van der Waals surface area contributed by atoms with Crippen LogP contribution in [0.5, 0.6) is 0 Å². The number of rotatable bonds is 3. The minimum Gasteiger partial charge on any atom is -0.478 e. The first kappa shape index (κ1) is 30.9. The number of aliphatic hydroxyl groups is 2. The van der Waals surface area contributed by atoms with E-state index in [1.807, 2.05) is 13.8 Å². The second-order valence-electron chi connectivity index (χ2n) is 14.6. The molecule has 11 heteroatoms. The van der Waals surface area contributed by atoms with Gasteiger partial charge in [0.25, 0.3) is 0 Å². The average molecular weight is 615 g/mol. The van der Waals surface area contributed by atoms with Gasteiger partial charge in [-0.05, 0) is 73.6 Å². The maximum absolute atomic E-state index is 15.2. The van der Waals surface area contributed by atoms with Crippen molar-refractivity contribution >= 4 is 5.97 Å². The minimum absolute atomic E-state index is 0.00550. The van der Waals surface area contributed by atoms with Crippen LogP contribution in [0.15, 0.2) is 35.4 Å². The van der Waals surface area contributed by atoms with Gasteiger partial charge in [-0.1, -0.05) is 38.5 Å². The fraction of sp³-hybridized carbons (Fsp3) is 0.719. The molecule has 2 unspecified atom stereocenters. The van der Waals surface area contributed by atoms with Crippen LogP contribution in [0.4, 0.5) is 22.0 Å². The summed E-state index contributed by atoms with van der Waals surface area (Å²) in [4.78, 5) is 11.5. The van der Waals surface area contributed by atoms with Crippen molar-refractivity contribution < 1.29 is 51.5 Å². The molecule has 1 aromatic rings. The van der Waals surface area contributed by atoms with Crippen LogP contribution in [0.3, 0.4) is 0 Å². The number of hydrogen-bond donors (Lipinski definition) is 3. The number of benzene rings is 1. The van der Waals surface area contributed by atoms with E-state index in [9.17, 15) is 33.3 Å². The second kappa shape index (κ2) is 9.47. The first-order valence-corrected chi connectivity index (χ1v) is 15.0. The van der Waals surface area contributed by atoms with Gasteiger partial charge in [-0.15, -0.1) is 0 Å². The predicted octanol–water partition coefficient (Wildman–Crippen LogP) is 6.61. The lowest BCUT2D eigenvalue weighted by Crippen LogP contribution is -2.65. The van der Waals surface area contributed by atoms with Gasteiger partial charge in [-0.2, -0.15) is 22.0 Å². The summed E-state index contributed by atoms with van der Waals surface area (Å²) in [5.74, 6) is -9.25. The van der Waals surface area contributed by atoms with E-state index >= 15 is 8.78 Å². The van der Waals surface area contributed by atoms with E-state index < -0.39 is 64.6 Å². The Balaban J connectivity index is 1.46. The summed E-state index contributed by atoms with van der Waals surface area (Å²) in [5.41, 5.74) is -4.48. The molecule has 6 rings (SSSR count). The van der Waals surface area contributed by atoms with Gasteiger partial charge >= 0.3 is 18.1 Å². The van der Waals surface area contributed by atoms with E-state index in [0.29, 0.717) is 38.0 Å². The molecule has 6 nitrogen and oxygen atoms in total. The van der Waals surface area contributed by atoms with Gasteiger partial charge < -0.3 is 24.8 Å². The maximum atomic E-state index is 15.2. The Labute approximate surface area is 247 Å². The van der Waals surface area contributed by atoms with Crippen LogP contribution in [-0.4, -0.2) is 63.6 Å². The molecule has 1 heterocycles. The van der Waals surface area contributed by atoms with Crippen LogP contribution in [0, 0.1) is 22.7 Å². The van der Waals surface area contributed by atoms with Gasteiger partial charge in [-0.3, -0.25) is 0 Å². The van der Waals surface area contributed by atoms with Crippen molar-refractivity contribution in [2.75, 3.05) is 13.2 Å². The summed E-state index contributed by atoms with van der Waals surface area (Å²) in [5, 5.41) is 33.0. The van der Waals surface area contributed by atoms with E-state index in [-0.39, 0.29) is 36.7 Å². The lowest BCUT2D eigenvalue weighted by molar-refractivity contribution is -0.362. The molecular formula is C32H39F5O6. The number of halogens is 5. The maximum Gasteiger partial charge on any atom is 0.456 e. The van der Waals surface area contributed by atoms with Crippen LogP contribution >= 0.6 is 0 Å². The van der Waals surface area contributed by atoms with Crippen LogP contribution in [0.2, 0.25) is 0 Å². The number of alkyl halides is 5. The Bertz CT molecular complexity index is 1330. The number of hydrogen-bond acceptors (Lipinski definition) is 5. The lowest BCUT2D eigenvalue weighted by atomic mass is 9.49. The number of ether oxygens (including phenoxy) is 2. The van der Waals surface area contributed by atoms with Crippen molar-refractivity contribution in [3.63, 3.8) is 0 Å². The van der Waals surface area contributed by atoms with Crippen molar-refractivity contribution in [3.05, 3.63) is 46.5 Å². The summed E-state index contributed by atoms with van der Waals surface area (Å²) < 4.78 is 84.2. The molecule has 1 saturated heterocycles. The van der Waals surface area contributed by atoms with Crippen molar-refractivity contribution in [2.45, 2.75) is 107 Å². The molecule has 0 aromatic heterocycles. The quantitative estimate of drug-likeness (QED) is 0.262. The van der Waals surface area contributed by atoms with Gasteiger partial charge in [0.2, 0.25) is 0 Å². The van der Waals surface area contributed by atoms with Crippen molar-refractivity contribution in [2.24, 2.45) is 22.7 Å². The van der Waals surface area contributed by atoms with Crippen LogP contribution in [0.25, 0.3) is 0 Å². The number of carboxylic acid groups (broad SMARTS) is 1. The first-order chi connectivity index (χ1) is 19.8. The molecule has 0 bridgehead atoms. The third-order valence-corrected chi connectivity index (χ3v) is 11.5. The van der Waals surface area contributed by atoms with Crippen LogP contribution < -0.4 is 0 Å². The molecule has 5 aliphatic rings. The minimum atomic E-state index is -5.93. The lowest BCUT2D eigenvalue weighted by Gasteiger charge is -2.59. The van der Waals surface area contributed by atoms with Crippen molar-refractivity contribution in [3.8, 4) is 0 Å². The van der Waals surface area contributed by atoms with E-state index in [1.54, 1.807) is 12.1 Å². The summed E-state index contributed by atoms with van der Waals surface area (Å²) in [6.07, 6.45) is -5.19. The summed E-state index contributed by atoms with van der Waals surface area (Å²) >= 11 is 0. The highest BCUT2D eigenvalue weighted by atomic mass is 19.4. The van der Waals surface area contributed by atoms with Gasteiger partial charge in [-0.25, -0.2) is 4.79 Å². The Kier molecular flexibility index (Phi) is 6.81. The van der Waals surface area contributed by atoms with Crippen LogP contribution in [0.1, 0.15) is 94.0 Å². The average Bonchev–Trinajstić information content (AvgIpc) is 3.20. The monoisotopic (exact) mass is 614 g/mol. The summed E-state index contributed by atoms with van der Waals surface area (Å²) in [7, 11) is 0. The smallest absolute Gasteiger partial charge is 0.456 e. The third-order valence-electron chi connectivity index (χ3n) is 11.5. The molecule has 6 atom stereocenters. The molecule has 4 aliphatic carbocycles. The third kappa shape index (κ3) is 4.42. The Morgan fingerprint density at radius 3 is 2.14 bits per heavy atom. The van der Waals surface area contributed by atoms with Gasteiger partial charge in [0.05, 0.1) is 24.4 Å². The number of allylic oxidation sites excluding steroid dienone is 1. The fourth-order valence-electron chi connectivity index (χ4n) is 9.16. The zero-order valence-corrected chi connectivity index (χ0v) is 24.6. The van der Waals surface area contributed by atoms with Gasteiger partial charge in [0.15, 0.2) is 5.79 Å². The molecule has 1 aromatic carbocycles. The number of carbonyl (C=O) groups is 1. The largest absolute Gasteiger partial charge is 0.478 e. The SMILES string of the molecule is CC1(C)COC2(CCC3=C4C(CC[C@@]3(O)C2)C2CC[C@@](O)(C(F)(F)C(F)(F)F)[C@@]2(C)C[C@@H]4c2ccc(C(=O)O)cc2)OC1. The standard InChI is InChI=1S/C32H39F5O6/c1-26(2)16-42-29(43-17-26)12-9-23-24-20(8-11-28(23,40)15-29)22-10-13-30(41,31(33,34)32(35,36)37)27(22,3)14-21(24)18-4-6-19(7-5-18)25(38)39/h4-7,20-22,40-41H,8-17H2,1-3H3,(H,38,39)/t20?,21-,22?,27+,28-,30+/m1/s1. The predicted molar refractivity (Wildman–Crippen MR) is 145 cm³/mol. The second-order valence-corrected chi connectivity index (χ2v) is 14.6. The topological polar surface area (TPSA) is 96.2 Å². The molecule has 43 heavy (non-hydrogen) atoms. The summed E-state index contributed by atoms with van der Waals surface area (Å²) in [6, 6.07) is 5.89. The number of aromatic carboxylic acids is 1. The molecule has 4 fully saturated rings. The molecule has 1 spiro atoms. The normalized spacial score (nSPS) is 38.8. The molecule has 238 valence electrons.